The highest BCUT2D eigenvalue weighted by atomic mass is 15.1. The Morgan fingerprint density at radius 3 is 2.68 bits per heavy atom. The van der Waals surface area contributed by atoms with Crippen molar-refractivity contribution in [2.75, 3.05) is 19.6 Å². The molecule has 1 N–H and O–H groups in total. The standard InChI is InChI=1S/C16H31N3/c1-5-15-7-6-10-19(11-8-15)12-9-16(4,13-17)18-14(2)3/h14-15,18H,5-12H2,1-4H3. The van der Waals surface area contributed by atoms with Crippen molar-refractivity contribution in [3.05, 3.63) is 0 Å². The minimum Gasteiger partial charge on any atom is -0.303 e. The summed E-state index contributed by atoms with van der Waals surface area (Å²) in [5.74, 6) is 0.918. The molecule has 0 aromatic rings. The SMILES string of the molecule is CCC1CCCN(CCC(C)(C#N)NC(C)C)CC1. The molecule has 0 aromatic carbocycles. The molecule has 0 spiro atoms. The number of nitrogens with one attached hydrogen (secondary N) is 1. The van der Waals surface area contributed by atoms with Gasteiger partial charge in [0.2, 0.25) is 0 Å². The van der Waals surface area contributed by atoms with Gasteiger partial charge in [-0.2, -0.15) is 5.26 Å². The lowest BCUT2D eigenvalue weighted by atomic mass is 9.98. The fourth-order valence-electron chi connectivity index (χ4n) is 3.04. The van der Waals surface area contributed by atoms with E-state index in [1.165, 1.54) is 38.8 Å². The van der Waals surface area contributed by atoms with Crippen LogP contribution in [0.25, 0.3) is 0 Å². The molecule has 1 saturated heterocycles. The van der Waals surface area contributed by atoms with E-state index in [2.05, 4.69) is 37.1 Å². The maximum atomic E-state index is 9.37. The van der Waals surface area contributed by atoms with Crippen LogP contribution >= 0.6 is 0 Å². The number of likely N-dealkylation sites (tertiary alicyclic amines) is 1. The van der Waals surface area contributed by atoms with E-state index in [1.807, 2.05) is 6.92 Å². The molecule has 0 amide bonds. The maximum absolute atomic E-state index is 9.37. The number of nitrogens with zero attached hydrogens (tertiary/aromatic N) is 2. The summed E-state index contributed by atoms with van der Waals surface area (Å²) in [6.45, 7) is 12.0. The molecule has 3 heteroatoms. The third-order valence-corrected chi connectivity index (χ3v) is 4.30. The zero-order chi connectivity index (χ0) is 14.3. The van der Waals surface area contributed by atoms with Gasteiger partial charge in [-0.25, -0.2) is 0 Å². The summed E-state index contributed by atoms with van der Waals surface area (Å²) in [5.41, 5.74) is -0.384. The van der Waals surface area contributed by atoms with Gasteiger partial charge in [0.1, 0.15) is 5.54 Å². The second kappa shape index (κ2) is 7.87. The molecule has 1 aliphatic heterocycles. The van der Waals surface area contributed by atoms with E-state index in [0.717, 1.165) is 18.9 Å². The lowest BCUT2D eigenvalue weighted by Crippen LogP contribution is -2.47. The summed E-state index contributed by atoms with van der Waals surface area (Å²) in [4.78, 5) is 2.55. The van der Waals surface area contributed by atoms with Gasteiger partial charge in [-0.15, -0.1) is 0 Å². The van der Waals surface area contributed by atoms with Gasteiger partial charge in [0.15, 0.2) is 0 Å². The summed E-state index contributed by atoms with van der Waals surface area (Å²) >= 11 is 0. The van der Waals surface area contributed by atoms with Gasteiger partial charge in [0, 0.05) is 12.6 Å². The molecule has 0 aromatic heterocycles. The van der Waals surface area contributed by atoms with Crippen LogP contribution in [0.1, 0.15) is 59.8 Å². The third-order valence-electron chi connectivity index (χ3n) is 4.30. The van der Waals surface area contributed by atoms with Gasteiger partial charge in [0.25, 0.3) is 0 Å². The summed E-state index contributed by atoms with van der Waals surface area (Å²) in [6, 6.07) is 2.81. The summed E-state index contributed by atoms with van der Waals surface area (Å²) in [5, 5.41) is 12.8. The molecule has 0 aliphatic carbocycles. The monoisotopic (exact) mass is 265 g/mol. The smallest absolute Gasteiger partial charge is 0.105 e. The highest BCUT2D eigenvalue weighted by molar-refractivity contribution is 5.04. The van der Waals surface area contributed by atoms with Crippen molar-refractivity contribution in [2.24, 2.45) is 5.92 Å². The van der Waals surface area contributed by atoms with Crippen LogP contribution in [0.15, 0.2) is 0 Å². The number of hydrogen-bond donors (Lipinski definition) is 1. The van der Waals surface area contributed by atoms with Crippen LogP contribution < -0.4 is 5.32 Å². The van der Waals surface area contributed by atoms with Crippen molar-refractivity contribution in [1.82, 2.24) is 10.2 Å². The predicted molar refractivity (Wildman–Crippen MR) is 81.0 cm³/mol. The maximum Gasteiger partial charge on any atom is 0.105 e. The molecule has 1 rings (SSSR count). The largest absolute Gasteiger partial charge is 0.303 e. The molecule has 110 valence electrons. The lowest BCUT2D eigenvalue weighted by molar-refractivity contribution is 0.245. The van der Waals surface area contributed by atoms with Gasteiger partial charge in [-0.1, -0.05) is 13.3 Å². The van der Waals surface area contributed by atoms with E-state index in [4.69, 9.17) is 0 Å². The first-order valence-corrected chi connectivity index (χ1v) is 7.90. The number of rotatable bonds is 6. The molecule has 3 nitrogen and oxygen atoms in total. The molecule has 1 fully saturated rings. The van der Waals surface area contributed by atoms with Crippen LogP contribution in [0.3, 0.4) is 0 Å². The second-order valence-electron chi connectivity index (χ2n) is 6.54. The minimum atomic E-state index is -0.384. The van der Waals surface area contributed by atoms with Gasteiger partial charge >= 0.3 is 0 Å². The molecule has 1 heterocycles. The quantitative estimate of drug-likeness (QED) is 0.802. The fraction of sp³-hybridized carbons (Fsp3) is 0.938. The minimum absolute atomic E-state index is 0.359. The first-order chi connectivity index (χ1) is 8.99. The molecular weight excluding hydrogens is 234 g/mol. The molecule has 2 atom stereocenters. The van der Waals surface area contributed by atoms with Gasteiger partial charge < -0.3 is 4.90 Å². The first-order valence-electron chi connectivity index (χ1n) is 7.90. The Balaban J connectivity index is 2.40. The summed E-state index contributed by atoms with van der Waals surface area (Å²) in [6.07, 6.45) is 6.26. The van der Waals surface area contributed by atoms with Crippen LogP contribution in [-0.2, 0) is 0 Å². The Morgan fingerprint density at radius 2 is 2.11 bits per heavy atom. The molecule has 2 unspecified atom stereocenters. The van der Waals surface area contributed by atoms with Crippen LogP contribution in [0.4, 0.5) is 0 Å². The Labute approximate surface area is 119 Å². The molecule has 1 aliphatic rings. The number of hydrogen-bond acceptors (Lipinski definition) is 3. The average Bonchev–Trinajstić information content (AvgIpc) is 2.60. The summed E-state index contributed by atoms with van der Waals surface area (Å²) in [7, 11) is 0. The van der Waals surface area contributed by atoms with Gasteiger partial charge in [-0.05, 0) is 65.5 Å². The predicted octanol–water partition coefficient (Wildman–Crippen LogP) is 3.17. The highest BCUT2D eigenvalue weighted by Gasteiger charge is 2.25. The van der Waals surface area contributed by atoms with Crippen molar-refractivity contribution in [3.8, 4) is 6.07 Å². The topological polar surface area (TPSA) is 39.1 Å². The van der Waals surface area contributed by atoms with E-state index in [-0.39, 0.29) is 5.54 Å². The second-order valence-corrected chi connectivity index (χ2v) is 6.54. The Hall–Kier alpha value is -0.590. The average molecular weight is 265 g/mol. The fourth-order valence-corrected chi connectivity index (χ4v) is 3.04. The van der Waals surface area contributed by atoms with Gasteiger partial charge in [-0.3, -0.25) is 5.32 Å². The normalized spacial score (nSPS) is 24.7. The van der Waals surface area contributed by atoms with E-state index in [0.29, 0.717) is 6.04 Å². The molecule has 0 radical (unpaired) electrons. The van der Waals surface area contributed by atoms with Crippen LogP contribution in [0.5, 0.6) is 0 Å². The molecule has 19 heavy (non-hydrogen) atoms. The summed E-state index contributed by atoms with van der Waals surface area (Å²) < 4.78 is 0. The Morgan fingerprint density at radius 1 is 1.37 bits per heavy atom. The van der Waals surface area contributed by atoms with E-state index in [1.54, 1.807) is 0 Å². The molecule has 0 saturated carbocycles. The zero-order valence-corrected chi connectivity index (χ0v) is 13.2. The number of nitriles is 1. The van der Waals surface area contributed by atoms with Crippen molar-refractivity contribution in [3.63, 3.8) is 0 Å². The van der Waals surface area contributed by atoms with Crippen molar-refractivity contribution >= 4 is 0 Å². The van der Waals surface area contributed by atoms with Crippen LogP contribution in [0.2, 0.25) is 0 Å². The van der Waals surface area contributed by atoms with Crippen molar-refractivity contribution < 1.29 is 0 Å². The van der Waals surface area contributed by atoms with E-state index >= 15 is 0 Å². The molecular formula is C16H31N3. The van der Waals surface area contributed by atoms with Crippen molar-refractivity contribution in [1.29, 1.82) is 5.26 Å². The Bertz CT molecular complexity index is 295. The van der Waals surface area contributed by atoms with Crippen LogP contribution in [0, 0.1) is 17.2 Å². The lowest BCUT2D eigenvalue weighted by Gasteiger charge is -2.29. The van der Waals surface area contributed by atoms with Crippen molar-refractivity contribution in [2.45, 2.75) is 71.4 Å². The first kappa shape index (κ1) is 16.5. The molecule has 0 bridgehead atoms. The van der Waals surface area contributed by atoms with Gasteiger partial charge in [0.05, 0.1) is 6.07 Å². The Kier molecular flexibility index (Phi) is 6.82. The highest BCUT2D eigenvalue weighted by Crippen LogP contribution is 2.21. The van der Waals surface area contributed by atoms with Crippen LogP contribution in [-0.4, -0.2) is 36.1 Å². The third kappa shape index (κ3) is 5.93. The zero-order valence-electron chi connectivity index (χ0n) is 13.2. The van der Waals surface area contributed by atoms with E-state index < -0.39 is 0 Å². The van der Waals surface area contributed by atoms with E-state index in [9.17, 15) is 5.26 Å².